The second-order valence-corrected chi connectivity index (χ2v) is 12.1. The summed E-state index contributed by atoms with van der Waals surface area (Å²) in [4.78, 5) is 26.3. The number of esters is 1. The number of unbranched alkanes of at least 4 members (excludes halogenated alkanes) is 6. The number of hydrogen-bond donors (Lipinski definition) is 0. The van der Waals surface area contributed by atoms with Gasteiger partial charge in [-0.05, 0) is 99.9 Å². The minimum absolute atomic E-state index is 0.0541. The molecule has 254 valence electrons. The van der Waals surface area contributed by atoms with Crippen molar-refractivity contribution in [2.75, 3.05) is 26.9 Å². The average molecular weight is 662 g/mol. The molecule has 0 N–H and O–H groups in total. The predicted molar refractivity (Wildman–Crippen MR) is 194 cm³/mol. The summed E-state index contributed by atoms with van der Waals surface area (Å²) in [7, 11) is 1.59. The van der Waals surface area contributed by atoms with Crippen molar-refractivity contribution in [3.05, 3.63) is 101 Å². The minimum atomic E-state index is -0.341. The fourth-order valence-corrected chi connectivity index (χ4v) is 5.50. The molecular formula is C40H52ClNO5. The first kappa shape index (κ1) is 37.8. The Morgan fingerprint density at radius 1 is 0.787 bits per heavy atom. The maximum Gasteiger partial charge on any atom is 0.310 e. The summed E-state index contributed by atoms with van der Waals surface area (Å²) in [5.74, 6) is 0.117. The van der Waals surface area contributed by atoms with Gasteiger partial charge >= 0.3 is 5.97 Å². The Morgan fingerprint density at radius 2 is 1.45 bits per heavy atom. The lowest BCUT2D eigenvalue weighted by Gasteiger charge is -2.08. The quantitative estimate of drug-likeness (QED) is 0.0609. The Bertz CT molecular complexity index is 1470. The molecule has 0 aliphatic rings. The zero-order valence-electron chi connectivity index (χ0n) is 28.5. The second-order valence-electron chi connectivity index (χ2n) is 11.7. The third-order valence-corrected chi connectivity index (χ3v) is 8.28. The molecule has 0 atom stereocenters. The molecule has 0 spiro atoms. The molecule has 0 saturated heterocycles. The van der Waals surface area contributed by atoms with E-state index in [-0.39, 0.29) is 24.9 Å². The summed E-state index contributed by atoms with van der Waals surface area (Å²) in [6.45, 7) is 5.65. The SMILES string of the molecule is CCCCCC=CCC=CCC=CCCCCCOCCCOC(=O)Cc1c(C)n(C(=O)c2ccc(Cl)cc2)c2ccc(OC)cc12. The third kappa shape index (κ3) is 13.2. The van der Waals surface area contributed by atoms with E-state index in [0.29, 0.717) is 47.2 Å². The topological polar surface area (TPSA) is 66.8 Å². The molecule has 3 rings (SSSR count). The van der Waals surface area contributed by atoms with E-state index in [1.54, 1.807) is 35.9 Å². The normalized spacial score (nSPS) is 11.8. The third-order valence-electron chi connectivity index (χ3n) is 8.03. The van der Waals surface area contributed by atoms with Crippen LogP contribution in [0.25, 0.3) is 10.9 Å². The maximum absolute atomic E-state index is 13.5. The number of halogens is 1. The number of methoxy groups -OCH3 is 1. The van der Waals surface area contributed by atoms with Crippen molar-refractivity contribution in [3.8, 4) is 5.75 Å². The Morgan fingerprint density at radius 3 is 2.13 bits per heavy atom. The molecule has 47 heavy (non-hydrogen) atoms. The molecule has 6 nitrogen and oxygen atoms in total. The zero-order chi connectivity index (χ0) is 33.7. The summed E-state index contributed by atoms with van der Waals surface area (Å²) in [6.07, 6.45) is 25.8. The molecule has 0 unspecified atom stereocenters. The number of rotatable bonds is 22. The molecule has 2 aromatic carbocycles. The van der Waals surface area contributed by atoms with Crippen LogP contribution in [0, 0.1) is 6.92 Å². The van der Waals surface area contributed by atoms with E-state index in [0.717, 1.165) is 49.5 Å². The molecule has 1 heterocycles. The first-order valence-corrected chi connectivity index (χ1v) is 17.5. The first-order valence-electron chi connectivity index (χ1n) is 17.1. The number of benzene rings is 2. The van der Waals surface area contributed by atoms with Gasteiger partial charge in [-0.15, -0.1) is 0 Å². The van der Waals surface area contributed by atoms with Crippen LogP contribution in [0.1, 0.15) is 99.2 Å². The molecule has 0 radical (unpaired) electrons. The molecule has 0 saturated carbocycles. The number of carbonyl (C=O) groups is 2. The van der Waals surface area contributed by atoms with Crippen LogP contribution >= 0.6 is 11.6 Å². The molecule has 0 fully saturated rings. The van der Waals surface area contributed by atoms with E-state index < -0.39 is 0 Å². The molecule has 3 aromatic rings. The van der Waals surface area contributed by atoms with Crippen LogP contribution in [-0.2, 0) is 20.7 Å². The molecule has 0 aliphatic carbocycles. The number of carbonyl (C=O) groups excluding carboxylic acids is 2. The van der Waals surface area contributed by atoms with Crippen molar-refractivity contribution in [1.82, 2.24) is 4.57 Å². The van der Waals surface area contributed by atoms with E-state index >= 15 is 0 Å². The van der Waals surface area contributed by atoms with Crippen LogP contribution in [0.4, 0.5) is 0 Å². The number of allylic oxidation sites excluding steroid dienone is 6. The average Bonchev–Trinajstić information content (AvgIpc) is 3.34. The Kier molecular flexibility index (Phi) is 17.8. The van der Waals surface area contributed by atoms with Crippen LogP contribution in [0.5, 0.6) is 5.75 Å². The van der Waals surface area contributed by atoms with Gasteiger partial charge in [-0.25, -0.2) is 0 Å². The van der Waals surface area contributed by atoms with Gasteiger partial charge in [-0.2, -0.15) is 0 Å². The number of nitrogens with zero attached hydrogens (tertiary/aromatic N) is 1. The van der Waals surface area contributed by atoms with Gasteiger partial charge in [0.1, 0.15) is 5.75 Å². The monoisotopic (exact) mass is 661 g/mol. The van der Waals surface area contributed by atoms with Gasteiger partial charge in [-0.3, -0.25) is 14.2 Å². The van der Waals surface area contributed by atoms with E-state index in [9.17, 15) is 9.59 Å². The van der Waals surface area contributed by atoms with Gasteiger partial charge in [-0.1, -0.05) is 74.2 Å². The lowest BCUT2D eigenvalue weighted by atomic mass is 10.1. The van der Waals surface area contributed by atoms with Crippen molar-refractivity contribution in [1.29, 1.82) is 0 Å². The minimum Gasteiger partial charge on any atom is -0.497 e. The van der Waals surface area contributed by atoms with E-state index in [1.807, 2.05) is 25.1 Å². The summed E-state index contributed by atoms with van der Waals surface area (Å²) >= 11 is 6.02. The zero-order valence-corrected chi connectivity index (χ0v) is 29.2. The number of aromatic nitrogens is 1. The van der Waals surface area contributed by atoms with E-state index in [2.05, 4.69) is 43.4 Å². The van der Waals surface area contributed by atoms with Gasteiger partial charge < -0.3 is 14.2 Å². The number of hydrogen-bond acceptors (Lipinski definition) is 5. The number of fused-ring (bicyclic) bond motifs is 1. The Hall–Kier alpha value is -3.61. The van der Waals surface area contributed by atoms with Crippen LogP contribution in [0.15, 0.2) is 78.9 Å². The fourth-order valence-electron chi connectivity index (χ4n) is 5.37. The largest absolute Gasteiger partial charge is 0.497 e. The van der Waals surface area contributed by atoms with Crippen molar-refractivity contribution in [2.24, 2.45) is 0 Å². The predicted octanol–water partition coefficient (Wildman–Crippen LogP) is 10.4. The van der Waals surface area contributed by atoms with Crippen LogP contribution in [-0.4, -0.2) is 43.4 Å². The van der Waals surface area contributed by atoms with E-state index in [1.165, 1.54) is 25.7 Å². The van der Waals surface area contributed by atoms with Crippen molar-refractivity contribution in [2.45, 2.75) is 90.9 Å². The van der Waals surface area contributed by atoms with Crippen LogP contribution in [0.3, 0.4) is 0 Å². The van der Waals surface area contributed by atoms with Gasteiger partial charge in [0.05, 0.1) is 25.7 Å². The van der Waals surface area contributed by atoms with Gasteiger partial charge in [0.15, 0.2) is 0 Å². The Labute approximate surface area is 286 Å². The smallest absolute Gasteiger partial charge is 0.310 e. The number of ether oxygens (including phenoxy) is 3. The maximum atomic E-state index is 13.5. The van der Waals surface area contributed by atoms with Gasteiger partial charge in [0, 0.05) is 41.3 Å². The molecule has 7 heteroatoms. The fraction of sp³-hybridized carbons (Fsp3) is 0.450. The van der Waals surface area contributed by atoms with Crippen LogP contribution in [0.2, 0.25) is 5.02 Å². The molecule has 0 amide bonds. The Balaban J connectivity index is 1.31. The van der Waals surface area contributed by atoms with Gasteiger partial charge in [0.25, 0.3) is 5.91 Å². The highest BCUT2D eigenvalue weighted by Gasteiger charge is 2.22. The molecule has 1 aromatic heterocycles. The van der Waals surface area contributed by atoms with Crippen molar-refractivity contribution in [3.63, 3.8) is 0 Å². The van der Waals surface area contributed by atoms with Gasteiger partial charge in [0.2, 0.25) is 0 Å². The first-order chi connectivity index (χ1) is 23.0. The van der Waals surface area contributed by atoms with Crippen molar-refractivity contribution >= 4 is 34.4 Å². The standard InChI is InChI=1S/C40H52ClNO5/c1-4-5-6-7-8-9-10-11-12-13-14-15-16-17-18-19-27-46-28-20-29-47-39(43)31-36-32(2)42(38-26-25-35(45-3)30-37(36)38)40(44)33-21-23-34(41)24-22-33/h8-9,11-12,14-15,21-26,30H,4-7,10,13,16-20,27-29,31H2,1-3H3. The lowest BCUT2D eigenvalue weighted by molar-refractivity contribution is -0.143. The van der Waals surface area contributed by atoms with E-state index in [4.69, 9.17) is 25.8 Å². The lowest BCUT2D eigenvalue weighted by Crippen LogP contribution is -2.15. The molecular weight excluding hydrogens is 610 g/mol. The molecule has 0 aliphatic heterocycles. The van der Waals surface area contributed by atoms with Crippen LogP contribution < -0.4 is 4.74 Å². The van der Waals surface area contributed by atoms with Crippen molar-refractivity contribution < 1.29 is 23.8 Å². The molecule has 0 bridgehead atoms. The highest BCUT2D eigenvalue weighted by molar-refractivity contribution is 6.30. The summed E-state index contributed by atoms with van der Waals surface area (Å²) in [5.41, 5.74) is 2.65. The summed E-state index contributed by atoms with van der Waals surface area (Å²) < 4.78 is 18.3. The second kappa shape index (κ2) is 22.0. The summed E-state index contributed by atoms with van der Waals surface area (Å²) in [6, 6.07) is 12.3. The summed E-state index contributed by atoms with van der Waals surface area (Å²) in [5, 5.41) is 1.34. The highest BCUT2D eigenvalue weighted by atomic mass is 35.5. The highest BCUT2D eigenvalue weighted by Crippen LogP contribution is 2.31.